The minimum absolute atomic E-state index is 0.0307. The number of nitrogens with two attached hydrogens (primary N) is 2. The fraction of sp³-hybridized carbons (Fsp3) is 0.167. The largest absolute Gasteiger partial charge is 0.481 e. The van der Waals surface area contributed by atoms with E-state index in [1.165, 1.54) is 4.90 Å². The highest BCUT2D eigenvalue weighted by molar-refractivity contribution is 7.91. The number of carbonyl (C=O) groups excluding carboxylic acids is 1. The molecule has 55 heavy (non-hydrogen) atoms. The molecule has 0 fully saturated rings. The number of carboxylic acids is 1. The van der Waals surface area contributed by atoms with Gasteiger partial charge in [-0.25, -0.2) is 37.1 Å². The van der Waals surface area contributed by atoms with E-state index in [4.69, 9.17) is 15.4 Å². The molecule has 4 heterocycles. The third kappa shape index (κ3) is 12.3. The van der Waals surface area contributed by atoms with Crippen molar-refractivity contribution in [3.63, 3.8) is 0 Å². The van der Waals surface area contributed by atoms with Crippen LogP contribution < -0.4 is 20.5 Å². The second-order valence-electron chi connectivity index (χ2n) is 11.6. The van der Waals surface area contributed by atoms with Gasteiger partial charge in [0.2, 0.25) is 26.0 Å². The number of amides is 1. The third-order valence-corrected chi connectivity index (χ3v) is 12.9. The molecule has 19 heteroatoms. The zero-order valence-corrected chi connectivity index (χ0v) is 33.3. The topological polar surface area (TPSA) is 242 Å². The molecule has 0 bridgehead atoms. The molecule has 1 amide bonds. The zero-order chi connectivity index (χ0) is 40.3. The molecule has 0 aliphatic heterocycles. The van der Waals surface area contributed by atoms with Gasteiger partial charge in [0.25, 0.3) is 0 Å². The average molecular weight is 823 g/mol. The number of thiazole rings is 2. The molecule has 288 valence electrons. The van der Waals surface area contributed by atoms with Gasteiger partial charge in [-0.05, 0) is 49.2 Å². The lowest BCUT2D eigenvalue weighted by molar-refractivity contribution is -0.136. The van der Waals surface area contributed by atoms with Crippen LogP contribution in [0.4, 0.5) is 10.3 Å². The number of pyridine rings is 2. The van der Waals surface area contributed by atoms with Crippen molar-refractivity contribution in [2.24, 2.45) is 10.3 Å². The predicted octanol–water partition coefficient (Wildman–Crippen LogP) is 4.88. The lowest BCUT2D eigenvalue weighted by atomic mass is 10.1. The Morgan fingerprint density at radius 1 is 0.709 bits per heavy atom. The van der Waals surface area contributed by atoms with E-state index >= 15 is 0 Å². The number of sulfonamides is 2. The second-order valence-corrected chi connectivity index (χ2v) is 17.1. The molecule has 0 atom stereocenters. The Morgan fingerprint density at radius 3 is 1.53 bits per heavy atom. The number of likely N-dealkylation sites (N-methyl/N-ethyl adjacent to an activating group) is 1. The number of nitrogens with zero attached hydrogens (tertiary/aromatic N) is 5. The van der Waals surface area contributed by atoms with E-state index in [1.54, 1.807) is 40.3 Å². The van der Waals surface area contributed by atoms with Crippen LogP contribution in [0.1, 0.15) is 22.5 Å². The summed E-state index contributed by atoms with van der Waals surface area (Å²) < 4.78 is 45.0. The average Bonchev–Trinajstić information content (AvgIpc) is 3.75. The Hall–Kier alpha value is -5.44. The lowest BCUT2D eigenvalue weighted by Gasteiger charge is -2.13. The maximum Gasteiger partial charge on any atom is 0.307 e. The Morgan fingerprint density at radius 2 is 1.16 bits per heavy atom. The summed E-state index contributed by atoms with van der Waals surface area (Å²) in [5.41, 5.74) is 6.08. The number of hydrogen-bond donors (Lipinski definition) is 4. The number of nitrogens with one attached hydrogen (secondary N) is 1. The quantitative estimate of drug-likeness (QED) is 0.145. The second kappa shape index (κ2) is 18.7. The molecule has 0 saturated carbocycles. The van der Waals surface area contributed by atoms with E-state index in [9.17, 15) is 26.4 Å². The predicted molar refractivity (Wildman–Crippen MR) is 214 cm³/mol. The summed E-state index contributed by atoms with van der Waals surface area (Å²) in [6.07, 6.45) is 3.69. The molecule has 6 rings (SSSR count). The van der Waals surface area contributed by atoms with Crippen molar-refractivity contribution in [1.82, 2.24) is 19.9 Å². The Balaban J connectivity index is 0.000000203. The molecule has 0 spiro atoms. The molecule has 0 aliphatic carbocycles. The van der Waals surface area contributed by atoms with E-state index in [2.05, 4.69) is 25.3 Å². The summed E-state index contributed by atoms with van der Waals surface area (Å²) in [5.74, 6) is -1.01. The Labute approximate surface area is 326 Å². The van der Waals surface area contributed by atoms with Crippen LogP contribution >= 0.6 is 22.7 Å². The van der Waals surface area contributed by atoms with E-state index in [0.29, 0.717) is 16.0 Å². The van der Waals surface area contributed by atoms with Gasteiger partial charge in [-0.2, -0.15) is 0 Å². The van der Waals surface area contributed by atoms with Gasteiger partial charge in [-0.3, -0.25) is 24.5 Å². The summed E-state index contributed by atoms with van der Waals surface area (Å²) in [4.78, 5) is 41.0. The first kappa shape index (κ1) is 42.3. The van der Waals surface area contributed by atoms with Crippen LogP contribution in [0.15, 0.2) is 106 Å². The molecule has 4 aromatic heterocycles. The molecule has 2 aromatic carbocycles. The Kier molecular flexibility index (Phi) is 14.4. The minimum atomic E-state index is -3.85. The number of aliphatic carboxylic acids is 1. The summed E-state index contributed by atoms with van der Waals surface area (Å²) in [5, 5.41) is 22.3. The first-order valence-electron chi connectivity index (χ1n) is 16.1. The number of primary sulfonamides is 2. The number of aromatic nitrogens is 4. The molecular weight excluding hydrogens is 785 g/mol. The van der Waals surface area contributed by atoms with Crippen LogP contribution in [0.2, 0.25) is 0 Å². The maximum atomic E-state index is 12.5. The first-order chi connectivity index (χ1) is 26.0. The highest BCUT2D eigenvalue weighted by Crippen LogP contribution is 2.29. The minimum Gasteiger partial charge on any atom is -0.481 e. The molecule has 0 saturated heterocycles. The van der Waals surface area contributed by atoms with E-state index in [-0.39, 0.29) is 32.9 Å². The highest BCUT2D eigenvalue weighted by atomic mass is 32.3. The summed E-state index contributed by atoms with van der Waals surface area (Å²) >= 11 is 1.92. The van der Waals surface area contributed by atoms with Gasteiger partial charge in [0, 0.05) is 37.6 Å². The van der Waals surface area contributed by atoms with Crippen LogP contribution in [0.5, 0.6) is 0 Å². The van der Waals surface area contributed by atoms with Crippen molar-refractivity contribution < 1.29 is 31.5 Å². The van der Waals surface area contributed by atoms with Gasteiger partial charge in [0.05, 0.1) is 35.6 Å². The molecule has 0 radical (unpaired) electrons. The van der Waals surface area contributed by atoms with Crippen molar-refractivity contribution in [2.75, 3.05) is 24.3 Å². The fourth-order valence-electron chi connectivity index (χ4n) is 4.76. The first-order valence-corrected chi connectivity index (χ1v) is 20.9. The van der Waals surface area contributed by atoms with Crippen LogP contribution in [-0.4, -0.2) is 67.8 Å². The highest BCUT2D eigenvalue weighted by Gasteiger charge is 2.22. The van der Waals surface area contributed by atoms with Crippen LogP contribution in [0.3, 0.4) is 0 Å². The number of aryl methyl sites for hydroxylation is 2. The SMILES string of the molecule is CNc1nc(C)c(S(N)(=O)=O)s1.Cc1nc(N(C)C(=O)Cc2ccc(-c3ccccn3)cc2)sc1S(N)(=O)=O.O=C(O)Cc1ccc(-c2ccccn2)cc1. The molecule has 0 unspecified atom stereocenters. The molecule has 0 aliphatic rings. The van der Waals surface area contributed by atoms with Gasteiger partial charge in [-0.15, -0.1) is 0 Å². The zero-order valence-electron chi connectivity index (χ0n) is 30.1. The summed E-state index contributed by atoms with van der Waals surface area (Å²) in [6.45, 7) is 3.16. The molecule has 6 N–H and O–H groups in total. The Bertz CT molecular complexity index is 2440. The van der Waals surface area contributed by atoms with Crippen molar-refractivity contribution in [3.8, 4) is 22.5 Å². The van der Waals surface area contributed by atoms with Crippen molar-refractivity contribution in [2.45, 2.75) is 35.1 Å². The van der Waals surface area contributed by atoms with Crippen molar-refractivity contribution in [3.05, 3.63) is 120 Å². The van der Waals surface area contributed by atoms with Crippen LogP contribution in [-0.2, 0) is 42.5 Å². The fourth-order valence-corrected chi connectivity index (χ4v) is 8.50. The summed E-state index contributed by atoms with van der Waals surface area (Å²) in [6, 6.07) is 26.4. The van der Waals surface area contributed by atoms with Gasteiger partial charge in [-0.1, -0.05) is 83.3 Å². The third-order valence-electron chi connectivity index (χ3n) is 7.43. The molecule has 6 aromatic rings. The number of hydrogen-bond acceptors (Lipinski definition) is 13. The number of carbonyl (C=O) groups is 2. The number of anilines is 2. The van der Waals surface area contributed by atoms with Crippen molar-refractivity contribution >= 4 is 64.9 Å². The maximum absolute atomic E-state index is 12.5. The van der Waals surface area contributed by atoms with E-state index < -0.39 is 26.0 Å². The van der Waals surface area contributed by atoms with Gasteiger partial charge < -0.3 is 10.4 Å². The molecular formula is C36H38N8O7S4. The summed E-state index contributed by atoms with van der Waals surface area (Å²) in [7, 11) is -4.22. The van der Waals surface area contributed by atoms with Crippen LogP contribution in [0, 0.1) is 13.8 Å². The smallest absolute Gasteiger partial charge is 0.307 e. The van der Waals surface area contributed by atoms with Gasteiger partial charge in [0.15, 0.2) is 18.7 Å². The normalized spacial score (nSPS) is 11.0. The monoisotopic (exact) mass is 822 g/mol. The number of carboxylic acid groups (broad SMARTS) is 1. The standard InChI is InChI=1S/C18H18N4O3S2.C13H11NO2.C5H9N3O2S2/c1-12-17(27(19,24)25)26-18(21-12)22(2)16(23)11-13-6-8-14(9-7-13)15-5-3-4-10-20-15;15-13(16)9-10-4-6-11(7-5-10)12-3-1-2-8-14-12;1-3-4(12(6,9)10)11-5(7-2)8-3/h3-10H,11H2,1-2H3,(H2,19,24,25);1-8H,9H2,(H,15,16);1-2H3,(H,7,8)(H2,6,9,10). The van der Waals surface area contributed by atoms with E-state index in [1.807, 2.05) is 84.9 Å². The van der Waals surface area contributed by atoms with E-state index in [0.717, 1.165) is 56.3 Å². The van der Waals surface area contributed by atoms with Crippen molar-refractivity contribution in [1.29, 1.82) is 0 Å². The van der Waals surface area contributed by atoms with Gasteiger partial charge >= 0.3 is 5.97 Å². The number of rotatable bonds is 10. The number of benzene rings is 2. The lowest BCUT2D eigenvalue weighted by Crippen LogP contribution is -2.27. The van der Waals surface area contributed by atoms with Gasteiger partial charge in [0.1, 0.15) is 0 Å². The van der Waals surface area contributed by atoms with Crippen LogP contribution in [0.25, 0.3) is 22.5 Å². The molecule has 15 nitrogen and oxygen atoms in total.